The van der Waals surface area contributed by atoms with Crippen molar-refractivity contribution in [3.8, 4) is 0 Å². The molecule has 112 valence electrons. The van der Waals surface area contributed by atoms with Crippen molar-refractivity contribution < 1.29 is 129 Å². The number of hydrogen-bond donors (Lipinski definition) is 3. The first kappa shape index (κ1) is 43.1. The Labute approximate surface area is 204 Å². The van der Waals surface area contributed by atoms with Gasteiger partial charge < -0.3 is 26.3 Å². The molecule has 0 rings (SSSR count). The molecule has 0 aliphatic carbocycles. The number of aliphatic hydroxyl groups is 3. The van der Waals surface area contributed by atoms with E-state index in [9.17, 15) is 0 Å². The van der Waals surface area contributed by atoms with E-state index in [0.717, 1.165) is 38.5 Å². The predicted molar refractivity (Wildman–Crippen MR) is 69.9 cm³/mol. The molecular weight excluding hydrogens is 302 g/mol. The van der Waals surface area contributed by atoms with Gasteiger partial charge in [-0.2, -0.15) is 0 Å². The minimum atomic E-state index is 0. The molecule has 0 aromatic heterocycles. The molecular formula is C12H32K2O5. The molecule has 0 fully saturated rings. The summed E-state index contributed by atoms with van der Waals surface area (Å²) in [7, 11) is 0. The summed E-state index contributed by atoms with van der Waals surface area (Å²) in [6.07, 6.45) is 6.11. The quantitative estimate of drug-likeness (QED) is 0.427. The molecule has 0 unspecified atom stereocenters. The van der Waals surface area contributed by atoms with E-state index in [1.54, 1.807) is 0 Å². The second kappa shape index (κ2) is 58.3. The fourth-order valence-electron chi connectivity index (χ4n) is 0.474. The topological polar surface area (TPSA) is 121 Å². The summed E-state index contributed by atoms with van der Waals surface area (Å²) in [4.78, 5) is 0. The van der Waals surface area contributed by atoms with Crippen molar-refractivity contribution in [3.63, 3.8) is 0 Å². The number of rotatable bonds is 6. The van der Waals surface area contributed by atoms with E-state index in [1.165, 1.54) is 0 Å². The van der Waals surface area contributed by atoms with Crippen LogP contribution >= 0.6 is 0 Å². The molecule has 0 atom stereocenters. The standard InChI is InChI=1S/3C4H10O.2K.2H2O/c3*1-2-3-4-5;;;;/h3*5H,2-4H2,1H3;;;2*1H2/q;;;2*+1;;/p-2. The summed E-state index contributed by atoms with van der Waals surface area (Å²) in [5.41, 5.74) is 0. The molecule has 0 aliphatic heterocycles. The van der Waals surface area contributed by atoms with Gasteiger partial charge >= 0.3 is 103 Å². The van der Waals surface area contributed by atoms with Gasteiger partial charge in [-0.3, -0.25) is 0 Å². The van der Waals surface area contributed by atoms with Gasteiger partial charge in [0, 0.05) is 19.8 Å². The third kappa shape index (κ3) is 93.1. The average molecular weight is 335 g/mol. The first-order chi connectivity index (χ1) is 7.24. The van der Waals surface area contributed by atoms with Gasteiger partial charge in [-0.1, -0.05) is 40.0 Å². The summed E-state index contributed by atoms with van der Waals surface area (Å²) < 4.78 is 0. The summed E-state index contributed by atoms with van der Waals surface area (Å²) >= 11 is 0. The second-order valence-corrected chi connectivity index (χ2v) is 3.23. The molecule has 5 N–H and O–H groups in total. The maximum absolute atomic E-state index is 8.07. The average Bonchev–Trinajstić information content (AvgIpc) is 2.23. The largest absolute Gasteiger partial charge is 1.00 e. The molecule has 0 radical (unpaired) electrons. The van der Waals surface area contributed by atoms with E-state index in [2.05, 4.69) is 20.8 Å². The van der Waals surface area contributed by atoms with Gasteiger partial charge in [-0.05, 0) is 19.3 Å². The van der Waals surface area contributed by atoms with Gasteiger partial charge in [-0.25, -0.2) is 0 Å². The predicted octanol–water partition coefficient (Wildman–Crippen LogP) is -4.01. The van der Waals surface area contributed by atoms with Crippen LogP contribution in [0.3, 0.4) is 0 Å². The van der Waals surface area contributed by atoms with E-state index < -0.39 is 0 Å². The third-order valence-electron chi connectivity index (χ3n) is 1.54. The van der Waals surface area contributed by atoms with Crippen molar-refractivity contribution >= 4 is 0 Å². The molecule has 0 aromatic carbocycles. The van der Waals surface area contributed by atoms with Crippen molar-refractivity contribution in [2.45, 2.75) is 59.3 Å². The van der Waals surface area contributed by atoms with E-state index in [1.807, 2.05) is 0 Å². The first-order valence-corrected chi connectivity index (χ1v) is 6.07. The maximum atomic E-state index is 8.07. The van der Waals surface area contributed by atoms with Crippen LogP contribution in [0.4, 0.5) is 0 Å². The van der Waals surface area contributed by atoms with Crippen LogP contribution in [0.1, 0.15) is 59.3 Å². The SMILES string of the molecule is CCCCO.CCCCO.CCCCO.[K+].[K+].[OH-].[OH-]. The van der Waals surface area contributed by atoms with Crippen LogP contribution in [0, 0.1) is 0 Å². The second-order valence-electron chi connectivity index (χ2n) is 3.23. The monoisotopic (exact) mass is 334 g/mol. The Hall–Kier alpha value is 3.07. The minimum absolute atomic E-state index is 0. The Bertz CT molecular complexity index is 60.9. The van der Waals surface area contributed by atoms with Gasteiger partial charge in [0.2, 0.25) is 0 Å². The summed E-state index contributed by atoms with van der Waals surface area (Å²) in [5, 5.41) is 24.2. The first-order valence-electron chi connectivity index (χ1n) is 6.07. The van der Waals surface area contributed by atoms with Crippen molar-refractivity contribution in [1.29, 1.82) is 0 Å². The Morgan fingerprint density at radius 1 is 0.526 bits per heavy atom. The van der Waals surface area contributed by atoms with Crippen molar-refractivity contribution in [2.24, 2.45) is 0 Å². The van der Waals surface area contributed by atoms with E-state index in [4.69, 9.17) is 15.3 Å². The van der Waals surface area contributed by atoms with Gasteiger partial charge in [-0.15, -0.1) is 0 Å². The molecule has 0 saturated heterocycles. The van der Waals surface area contributed by atoms with Crippen LogP contribution < -0.4 is 103 Å². The molecule has 19 heavy (non-hydrogen) atoms. The summed E-state index contributed by atoms with van der Waals surface area (Å²) in [5.74, 6) is 0. The molecule has 0 heterocycles. The maximum Gasteiger partial charge on any atom is 1.00 e. The molecule has 0 aliphatic rings. The van der Waals surface area contributed by atoms with E-state index in [-0.39, 0.29) is 114 Å². The van der Waals surface area contributed by atoms with Crippen molar-refractivity contribution in [1.82, 2.24) is 0 Å². The third-order valence-corrected chi connectivity index (χ3v) is 1.54. The Morgan fingerprint density at radius 2 is 0.684 bits per heavy atom. The van der Waals surface area contributed by atoms with Crippen molar-refractivity contribution in [3.05, 3.63) is 0 Å². The fourth-order valence-corrected chi connectivity index (χ4v) is 0.474. The zero-order valence-electron chi connectivity index (χ0n) is 13.6. The molecule has 5 nitrogen and oxygen atoms in total. The summed E-state index contributed by atoms with van der Waals surface area (Å²) in [6, 6.07) is 0. The van der Waals surface area contributed by atoms with Crippen LogP contribution in [0.25, 0.3) is 0 Å². The van der Waals surface area contributed by atoms with Gasteiger partial charge in [0.15, 0.2) is 0 Å². The van der Waals surface area contributed by atoms with Crippen molar-refractivity contribution in [2.75, 3.05) is 19.8 Å². The Morgan fingerprint density at radius 3 is 0.684 bits per heavy atom. The van der Waals surface area contributed by atoms with Gasteiger partial charge in [0.1, 0.15) is 0 Å². The number of aliphatic hydroxyl groups excluding tert-OH is 3. The minimum Gasteiger partial charge on any atom is -0.870 e. The number of hydrogen-bond acceptors (Lipinski definition) is 5. The van der Waals surface area contributed by atoms with E-state index in [0.29, 0.717) is 19.8 Å². The fraction of sp³-hybridized carbons (Fsp3) is 1.00. The molecule has 0 aromatic rings. The Balaban J connectivity index is -0.0000000206. The smallest absolute Gasteiger partial charge is 0.870 e. The molecule has 0 saturated carbocycles. The van der Waals surface area contributed by atoms with Gasteiger partial charge in [0.25, 0.3) is 0 Å². The molecule has 0 spiro atoms. The summed E-state index contributed by atoms with van der Waals surface area (Å²) in [6.45, 7) is 7.19. The van der Waals surface area contributed by atoms with Crippen LogP contribution in [-0.2, 0) is 0 Å². The molecule has 7 heteroatoms. The van der Waals surface area contributed by atoms with Crippen LogP contribution in [0.5, 0.6) is 0 Å². The molecule has 0 bridgehead atoms. The normalized spacial score (nSPS) is 6.63. The Kier molecular flexibility index (Phi) is 132. The zero-order valence-corrected chi connectivity index (χ0v) is 19.8. The zero-order chi connectivity index (χ0) is 12.4. The molecule has 0 amide bonds. The van der Waals surface area contributed by atoms with Crippen LogP contribution in [-0.4, -0.2) is 46.1 Å². The number of unbranched alkanes of at least 4 members (excludes halogenated alkanes) is 3. The van der Waals surface area contributed by atoms with E-state index >= 15 is 0 Å². The van der Waals surface area contributed by atoms with Crippen LogP contribution in [0.15, 0.2) is 0 Å². The van der Waals surface area contributed by atoms with Crippen LogP contribution in [0.2, 0.25) is 0 Å². The van der Waals surface area contributed by atoms with Gasteiger partial charge in [0.05, 0.1) is 0 Å².